The van der Waals surface area contributed by atoms with E-state index < -0.39 is 0 Å². The maximum Gasteiger partial charge on any atom is 0.0551 e. The summed E-state index contributed by atoms with van der Waals surface area (Å²) in [6, 6.07) is 0. The van der Waals surface area contributed by atoms with E-state index in [-0.39, 0.29) is 0 Å². The van der Waals surface area contributed by atoms with Crippen molar-refractivity contribution < 1.29 is 4.74 Å². The summed E-state index contributed by atoms with van der Waals surface area (Å²) in [5, 5.41) is 3.16. The van der Waals surface area contributed by atoms with Crippen LogP contribution in [0, 0.1) is 5.92 Å². The largest absolute Gasteiger partial charge is 0.378 e. The van der Waals surface area contributed by atoms with Crippen LogP contribution in [0.4, 0.5) is 0 Å². The summed E-state index contributed by atoms with van der Waals surface area (Å²) in [4.78, 5) is 2.38. The van der Waals surface area contributed by atoms with Gasteiger partial charge in [-0.1, -0.05) is 0 Å². The highest BCUT2D eigenvalue weighted by molar-refractivity contribution is 4.72. The van der Waals surface area contributed by atoms with Crippen LogP contribution in [0.2, 0.25) is 0 Å². The molecule has 3 heteroatoms. The van der Waals surface area contributed by atoms with Gasteiger partial charge in [0.2, 0.25) is 0 Å². The molecule has 3 nitrogen and oxygen atoms in total. The number of nitrogens with one attached hydrogen (secondary N) is 1. The van der Waals surface area contributed by atoms with E-state index in [0.717, 1.165) is 25.6 Å². The predicted octanol–water partition coefficient (Wildman–Crippen LogP) is 0.563. The SMILES string of the molecule is CNCCN(C)CC1COC(C)C1. The van der Waals surface area contributed by atoms with Gasteiger partial charge in [0.25, 0.3) is 0 Å². The van der Waals surface area contributed by atoms with E-state index in [1.54, 1.807) is 0 Å². The zero-order valence-corrected chi connectivity index (χ0v) is 9.05. The van der Waals surface area contributed by atoms with Crippen LogP contribution in [0.3, 0.4) is 0 Å². The van der Waals surface area contributed by atoms with E-state index in [0.29, 0.717) is 6.10 Å². The van der Waals surface area contributed by atoms with E-state index in [1.165, 1.54) is 13.0 Å². The second kappa shape index (κ2) is 5.58. The van der Waals surface area contributed by atoms with Gasteiger partial charge < -0.3 is 15.0 Å². The Morgan fingerprint density at radius 1 is 1.54 bits per heavy atom. The lowest BCUT2D eigenvalue weighted by Gasteiger charge is -2.19. The molecule has 1 rings (SSSR count). The fourth-order valence-corrected chi connectivity index (χ4v) is 1.87. The molecule has 2 unspecified atom stereocenters. The molecule has 1 fully saturated rings. The van der Waals surface area contributed by atoms with Gasteiger partial charge in [0.15, 0.2) is 0 Å². The van der Waals surface area contributed by atoms with E-state index in [2.05, 4.69) is 24.2 Å². The number of hydrogen-bond donors (Lipinski definition) is 1. The Balaban J connectivity index is 2.09. The summed E-state index contributed by atoms with van der Waals surface area (Å²) in [5.41, 5.74) is 0. The molecule has 0 aromatic rings. The van der Waals surface area contributed by atoms with Gasteiger partial charge in [-0.3, -0.25) is 0 Å². The summed E-state index contributed by atoms with van der Waals surface area (Å²) in [7, 11) is 4.18. The second-order valence-corrected chi connectivity index (χ2v) is 4.11. The summed E-state index contributed by atoms with van der Waals surface area (Å²) >= 11 is 0. The molecule has 2 atom stereocenters. The maximum absolute atomic E-state index is 5.53. The molecule has 13 heavy (non-hydrogen) atoms. The van der Waals surface area contributed by atoms with E-state index in [1.807, 2.05) is 7.05 Å². The third-order valence-corrected chi connectivity index (χ3v) is 2.60. The molecule has 0 aromatic carbocycles. The molecule has 0 aromatic heterocycles. The first-order valence-corrected chi connectivity index (χ1v) is 5.17. The molecule has 78 valence electrons. The monoisotopic (exact) mass is 186 g/mol. The molecule has 0 bridgehead atoms. The molecule has 1 saturated heterocycles. The zero-order valence-electron chi connectivity index (χ0n) is 9.05. The van der Waals surface area contributed by atoms with Crippen molar-refractivity contribution >= 4 is 0 Å². The molecular formula is C10H22N2O. The smallest absolute Gasteiger partial charge is 0.0551 e. The lowest BCUT2D eigenvalue weighted by molar-refractivity contribution is 0.117. The molecule has 0 aliphatic carbocycles. The Morgan fingerprint density at radius 3 is 2.85 bits per heavy atom. The fourth-order valence-electron chi connectivity index (χ4n) is 1.87. The van der Waals surface area contributed by atoms with Gasteiger partial charge in [-0.15, -0.1) is 0 Å². The van der Waals surface area contributed by atoms with Crippen LogP contribution < -0.4 is 5.32 Å². The van der Waals surface area contributed by atoms with E-state index in [4.69, 9.17) is 4.74 Å². The number of hydrogen-bond acceptors (Lipinski definition) is 3. The van der Waals surface area contributed by atoms with Crippen molar-refractivity contribution in [2.45, 2.75) is 19.4 Å². The van der Waals surface area contributed by atoms with Crippen LogP contribution in [0.25, 0.3) is 0 Å². The minimum atomic E-state index is 0.475. The van der Waals surface area contributed by atoms with Crippen molar-refractivity contribution in [3.63, 3.8) is 0 Å². The molecule has 0 saturated carbocycles. The van der Waals surface area contributed by atoms with E-state index >= 15 is 0 Å². The molecule has 1 aliphatic heterocycles. The molecule has 1 aliphatic rings. The molecule has 0 radical (unpaired) electrons. The van der Waals surface area contributed by atoms with Crippen LogP contribution in [-0.4, -0.2) is 51.3 Å². The van der Waals surface area contributed by atoms with Gasteiger partial charge in [-0.05, 0) is 33.4 Å². The third-order valence-electron chi connectivity index (χ3n) is 2.60. The summed E-state index contributed by atoms with van der Waals surface area (Å²) in [6.07, 6.45) is 1.70. The number of ether oxygens (including phenoxy) is 1. The maximum atomic E-state index is 5.53. The van der Waals surface area contributed by atoms with Crippen LogP contribution >= 0.6 is 0 Å². The quantitative estimate of drug-likeness (QED) is 0.679. The number of rotatable bonds is 5. The molecule has 0 amide bonds. The van der Waals surface area contributed by atoms with Crippen LogP contribution in [-0.2, 0) is 4.74 Å². The average molecular weight is 186 g/mol. The summed E-state index contributed by atoms with van der Waals surface area (Å²) < 4.78 is 5.53. The second-order valence-electron chi connectivity index (χ2n) is 4.11. The Labute approximate surface area is 81.4 Å². The van der Waals surface area contributed by atoms with Crippen LogP contribution in [0.5, 0.6) is 0 Å². The first kappa shape index (κ1) is 11.0. The predicted molar refractivity (Wildman–Crippen MR) is 54.9 cm³/mol. The highest BCUT2D eigenvalue weighted by atomic mass is 16.5. The fraction of sp³-hybridized carbons (Fsp3) is 1.00. The number of likely N-dealkylation sites (N-methyl/N-ethyl adjacent to an activating group) is 2. The van der Waals surface area contributed by atoms with E-state index in [9.17, 15) is 0 Å². The molecule has 1 heterocycles. The zero-order chi connectivity index (χ0) is 9.68. The van der Waals surface area contributed by atoms with Gasteiger partial charge in [-0.25, -0.2) is 0 Å². The standard InChI is InChI=1S/C10H22N2O/c1-9-6-10(8-13-9)7-12(3)5-4-11-2/h9-11H,4-8H2,1-3H3. The van der Waals surface area contributed by atoms with Gasteiger partial charge >= 0.3 is 0 Å². The van der Waals surface area contributed by atoms with Crippen molar-refractivity contribution in [3.05, 3.63) is 0 Å². The topological polar surface area (TPSA) is 24.5 Å². The van der Waals surface area contributed by atoms with Crippen molar-refractivity contribution in [1.82, 2.24) is 10.2 Å². The highest BCUT2D eigenvalue weighted by Gasteiger charge is 2.22. The van der Waals surface area contributed by atoms with Crippen LogP contribution in [0.1, 0.15) is 13.3 Å². The summed E-state index contributed by atoms with van der Waals surface area (Å²) in [6.45, 7) is 6.48. The molecular weight excluding hydrogens is 164 g/mol. The third kappa shape index (κ3) is 4.07. The van der Waals surface area contributed by atoms with Crippen LogP contribution in [0.15, 0.2) is 0 Å². The van der Waals surface area contributed by atoms with Crippen molar-refractivity contribution in [2.75, 3.05) is 40.3 Å². The Hall–Kier alpha value is -0.120. The average Bonchev–Trinajstić information content (AvgIpc) is 2.48. The van der Waals surface area contributed by atoms with Crippen molar-refractivity contribution in [2.24, 2.45) is 5.92 Å². The summed E-state index contributed by atoms with van der Waals surface area (Å²) in [5.74, 6) is 0.747. The minimum absolute atomic E-state index is 0.475. The Bertz CT molecular complexity index is 141. The number of nitrogens with zero attached hydrogens (tertiary/aromatic N) is 1. The first-order chi connectivity index (χ1) is 6.22. The lowest BCUT2D eigenvalue weighted by atomic mass is 10.1. The van der Waals surface area contributed by atoms with Crippen molar-refractivity contribution in [1.29, 1.82) is 0 Å². The highest BCUT2D eigenvalue weighted by Crippen LogP contribution is 2.19. The molecule has 0 spiro atoms. The normalized spacial score (nSPS) is 28.6. The van der Waals surface area contributed by atoms with Gasteiger partial charge in [0.05, 0.1) is 12.7 Å². The Kier molecular flexibility index (Phi) is 4.70. The first-order valence-electron chi connectivity index (χ1n) is 5.17. The Morgan fingerprint density at radius 2 is 2.31 bits per heavy atom. The van der Waals surface area contributed by atoms with Crippen molar-refractivity contribution in [3.8, 4) is 0 Å². The van der Waals surface area contributed by atoms with Gasteiger partial charge in [0.1, 0.15) is 0 Å². The lowest BCUT2D eigenvalue weighted by Crippen LogP contribution is -2.31. The minimum Gasteiger partial charge on any atom is -0.378 e. The van der Waals surface area contributed by atoms with Gasteiger partial charge in [0, 0.05) is 19.6 Å². The van der Waals surface area contributed by atoms with Gasteiger partial charge in [-0.2, -0.15) is 0 Å². The molecule has 1 N–H and O–H groups in total.